The van der Waals surface area contributed by atoms with E-state index in [0.29, 0.717) is 6.04 Å². The summed E-state index contributed by atoms with van der Waals surface area (Å²) in [4.78, 5) is 7.05. The monoisotopic (exact) mass is 298 g/mol. The van der Waals surface area contributed by atoms with Crippen LogP contribution in [0.1, 0.15) is 25.8 Å². The Morgan fingerprint density at radius 1 is 1.23 bits per heavy atom. The molecule has 4 heteroatoms. The Hall–Kier alpha value is -1.97. The average molecular weight is 298 g/mol. The molecule has 0 spiro atoms. The van der Waals surface area contributed by atoms with Crippen molar-refractivity contribution < 1.29 is 0 Å². The minimum absolute atomic E-state index is 0.600. The van der Waals surface area contributed by atoms with E-state index in [-0.39, 0.29) is 0 Å². The molecule has 0 radical (unpaired) electrons. The lowest BCUT2D eigenvalue weighted by Gasteiger charge is -2.17. The molecule has 1 aliphatic heterocycles. The molecule has 1 aromatic rings. The second-order valence-electron chi connectivity index (χ2n) is 6.20. The summed E-state index contributed by atoms with van der Waals surface area (Å²) in [6, 6.07) is 9.35. The third-order valence-electron chi connectivity index (χ3n) is 4.32. The highest BCUT2D eigenvalue weighted by atomic mass is 15.2. The SMILES string of the molecule is CCNC(=NCc1ccc(N2CC=CC2)cc1)NC1CC1C. The number of hydrogen-bond donors (Lipinski definition) is 2. The van der Waals surface area contributed by atoms with Crippen LogP contribution in [0, 0.1) is 5.92 Å². The van der Waals surface area contributed by atoms with Crippen molar-refractivity contribution >= 4 is 11.6 Å². The Bertz CT molecular complexity index is 539. The molecule has 1 saturated carbocycles. The Morgan fingerprint density at radius 3 is 2.50 bits per heavy atom. The van der Waals surface area contributed by atoms with Crippen molar-refractivity contribution in [2.75, 3.05) is 24.5 Å². The molecule has 2 atom stereocenters. The summed E-state index contributed by atoms with van der Waals surface area (Å²) in [5, 5.41) is 6.81. The van der Waals surface area contributed by atoms with Crippen LogP contribution in [0.15, 0.2) is 41.4 Å². The summed E-state index contributed by atoms with van der Waals surface area (Å²) < 4.78 is 0. The van der Waals surface area contributed by atoms with E-state index in [4.69, 9.17) is 4.99 Å². The van der Waals surface area contributed by atoms with Gasteiger partial charge in [-0.25, -0.2) is 4.99 Å². The fourth-order valence-electron chi connectivity index (χ4n) is 2.69. The van der Waals surface area contributed by atoms with Crippen LogP contribution in [0.2, 0.25) is 0 Å². The van der Waals surface area contributed by atoms with Crippen LogP contribution in [0.3, 0.4) is 0 Å². The van der Waals surface area contributed by atoms with Gasteiger partial charge in [-0.15, -0.1) is 0 Å². The van der Waals surface area contributed by atoms with E-state index in [9.17, 15) is 0 Å². The Morgan fingerprint density at radius 2 is 1.91 bits per heavy atom. The van der Waals surface area contributed by atoms with Gasteiger partial charge < -0.3 is 15.5 Å². The maximum Gasteiger partial charge on any atom is 0.191 e. The number of benzene rings is 1. The van der Waals surface area contributed by atoms with Crippen LogP contribution < -0.4 is 15.5 Å². The normalized spacial score (nSPS) is 23.7. The molecule has 22 heavy (non-hydrogen) atoms. The van der Waals surface area contributed by atoms with E-state index < -0.39 is 0 Å². The predicted octanol–water partition coefficient (Wildman–Crippen LogP) is 2.53. The summed E-state index contributed by atoms with van der Waals surface area (Å²) in [6.07, 6.45) is 5.68. The zero-order valence-corrected chi connectivity index (χ0v) is 13.5. The van der Waals surface area contributed by atoms with Crippen molar-refractivity contribution in [1.82, 2.24) is 10.6 Å². The first kappa shape index (κ1) is 14.9. The number of nitrogens with zero attached hydrogens (tertiary/aromatic N) is 2. The highest BCUT2D eigenvalue weighted by molar-refractivity contribution is 5.80. The van der Waals surface area contributed by atoms with Crippen LogP contribution in [0.4, 0.5) is 5.69 Å². The van der Waals surface area contributed by atoms with E-state index in [2.05, 4.69) is 65.8 Å². The largest absolute Gasteiger partial charge is 0.364 e. The Balaban J connectivity index is 1.57. The second-order valence-corrected chi connectivity index (χ2v) is 6.20. The topological polar surface area (TPSA) is 39.7 Å². The highest BCUT2D eigenvalue weighted by Gasteiger charge is 2.33. The fraction of sp³-hybridized carbons (Fsp3) is 0.500. The van der Waals surface area contributed by atoms with Crippen LogP contribution in [0.25, 0.3) is 0 Å². The third kappa shape index (κ3) is 3.81. The van der Waals surface area contributed by atoms with Gasteiger partial charge in [-0.3, -0.25) is 0 Å². The summed E-state index contributed by atoms with van der Waals surface area (Å²) in [5.41, 5.74) is 2.53. The van der Waals surface area contributed by atoms with E-state index in [1.165, 1.54) is 17.7 Å². The standard InChI is InChI=1S/C18H26N4/c1-3-19-18(21-17-12-14(17)2)20-13-15-6-8-16(9-7-15)22-10-4-5-11-22/h4-9,14,17H,3,10-13H2,1-2H3,(H2,19,20,21). The van der Waals surface area contributed by atoms with E-state index >= 15 is 0 Å². The van der Waals surface area contributed by atoms with E-state index in [0.717, 1.165) is 38.1 Å². The molecule has 0 amide bonds. The Labute approximate surface area is 133 Å². The summed E-state index contributed by atoms with van der Waals surface area (Å²) >= 11 is 0. The molecule has 118 valence electrons. The molecule has 0 saturated heterocycles. The first-order valence-electron chi connectivity index (χ1n) is 8.30. The molecule has 2 aliphatic rings. The van der Waals surface area contributed by atoms with Crippen molar-refractivity contribution in [2.24, 2.45) is 10.9 Å². The van der Waals surface area contributed by atoms with Gasteiger partial charge in [0.25, 0.3) is 0 Å². The Kier molecular flexibility index (Phi) is 4.66. The molecule has 2 N–H and O–H groups in total. The number of aliphatic imine (C=N–C) groups is 1. The summed E-state index contributed by atoms with van der Waals surface area (Å²) in [5.74, 6) is 1.71. The average Bonchev–Trinajstić information content (AvgIpc) is 3.02. The molecule has 0 bridgehead atoms. The molecule has 4 nitrogen and oxygen atoms in total. The van der Waals surface area contributed by atoms with Gasteiger partial charge in [0, 0.05) is 31.4 Å². The molecule has 0 aromatic heterocycles. The fourth-order valence-corrected chi connectivity index (χ4v) is 2.69. The number of guanidine groups is 1. The quantitative estimate of drug-likeness (QED) is 0.498. The van der Waals surface area contributed by atoms with Crippen molar-refractivity contribution in [3.05, 3.63) is 42.0 Å². The number of rotatable bonds is 5. The first-order valence-corrected chi connectivity index (χ1v) is 8.30. The summed E-state index contributed by atoms with van der Waals surface area (Å²) in [6.45, 7) is 8.03. The number of nitrogens with one attached hydrogen (secondary N) is 2. The molecule has 3 rings (SSSR count). The van der Waals surface area contributed by atoms with E-state index in [1.807, 2.05) is 0 Å². The molecular weight excluding hydrogens is 272 g/mol. The number of hydrogen-bond acceptors (Lipinski definition) is 2. The second kappa shape index (κ2) is 6.86. The van der Waals surface area contributed by atoms with Crippen molar-refractivity contribution in [3.8, 4) is 0 Å². The zero-order valence-electron chi connectivity index (χ0n) is 13.5. The van der Waals surface area contributed by atoms with Gasteiger partial charge in [0.15, 0.2) is 5.96 Å². The van der Waals surface area contributed by atoms with Crippen molar-refractivity contribution in [2.45, 2.75) is 32.9 Å². The molecule has 2 unspecified atom stereocenters. The maximum absolute atomic E-state index is 4.69. The van der Waals surface area contributed by atoms with Gasteiger partial charge in [-0.05, 0) is 37.0 Å². The van der Waals surface area contributed by atoms with Crippen LogP contribution >= 0.6 is 0 Å². The summed E-state index contributed by atoms with van der Waals surface area (Å²) in [7, 11) is 0. The highest BCUT2D eigenvalue weighted by Crippen LogP contribution is 2.28. The smallest absolute Gasteiger partial charge is 0.191 e. The predicted molar refractivity (Wildman–Crippen MR) is 93.3 cm³/mol. The van der Waals surface area contributed by atoms with Gasteiger partial charge in [0.2, 0.25) is 0 Å². The van der Waals surface area contributed by atoms with Gasteiger partial charge in [0.1, 0.15) is 0 Å². The van der Waals surface area contributed by atoms with Gasteiger partial charge in [-0.1, -0.05) is 31.2 Å². The third-order valence-corrected chi connectivity index (χ3v) is 4.32. The molecule has 1 aromatic carbocycles. The molecule has 1 aliphatic carbocycles. The molecular formula is C18H26N4. The zero-order chi connectivity index (χ0) is 15.4. The lowest BCUT2D eigenvalue weighted by atomic mass is 10.2. The molecule has 1 fully saturated rings. The van der Waals surface area contributed by atoms with Crippen LogP contribution in [-0.2, 0) is 6.54 Å². The van der Waals surface area contributed by atoms with Gasteiger partial charge in [-0.2, -0.15) is 0 Å². The number of anilines is 1. The molecule has 1 heterocycles. The van der Waals surface area contributed by atoms with Crippen molar-refractivity contribution in [1.29, 1.82) is 0 Å². The van der Waals surface area contributed by atoms with E-state index in [1.54, 1.807) is 0 Å². The van der Waals surface area contributed by atoms with Crippen LogP contribution in [0.5, 0.6) is 0 Å². The maximum atomic E-state index is 4.69. The van der Waals surface area contributed by atoms with Gasteiger partial charge in [0.05, 0.1) is 6.54 Å². The lowest BCUT2D eigenvalue weighted by Crippen LogP contribution is -2.39. The van der Waals surface area contributed by atoms with Crippen LogP contribution in [-0.4, -0.2) is 31.6 Å². The minimum atomic E-state index is 0.600. The van der Waals surface area contributed by atoms with Crippen molar-refractivity contribution in [3.63, 3.8) is 0 Å². The first-order chi connectivity index (χ1) is 10.8. The van der Waals surface area contributed by atoms with Gasteiger partial charge >= 0.3 is 0 Å². The lowest BCUT2D eigenvalue weighted by molar-refractivity contribution is 0.766. The minimum Gasteiger partial charge on any atom is -0.364 e.